The second-order valence-electron chi connectivity index (χ2n) is 4.04. The van der Waals surface area contributed by atoms with E-state index in [1.807, 2.05) is 6.07 Å². The molecular formula is C12H16N4O3. The number of aliphatic hydroxyl groups excluding tert-OH is 1. The van der Waals surface area contributed by atoms with Crippen molar-refractivity contribution in [2.45, 2.75) is 12.6 Å². The Hall–Kier alpha value is -2.28. The van der Waals surface area contributed by atoms with Crippen LogP contribution in [0.2, 0.25) is 0 Å². The second-order valence-corrected chi connectivity index (χ2v) is 4.04. The second kappa shape index (κ2) is 6.05. The molecule has 0 aliphatic carbocycles. The molecule has 2 aromatic rings. The van der Waals surface area contributed by atoms with E-state index in [0.717, 1.165) is 5.69 Å². The van der Waals surface area contributed by atoms with Crippen molar-refractivity contribution in [1.82, 2.24) is 20.4 Å². The molecule has 19 heavy (non-hydrogen) atoms. The molecule has 0 aromatic carbocycles. The number of furan rings is 1. The van der Waals surface area contributed by atoms with Crippen molar-refractivity contribution in [3.8, 4) is 0 Å². The van der Waals surface area contributed by atoms with Crippen LogP contribution in [-0.4, -0.2) is 27.5 Å². The summed E-state index contributed by atoms with van der Waals surface area (Å²) in [7, 11) is 1.80. The quantitative estimate of drug-likeness (QED) is 0.735. The number of carbonyl (C=O) groups excluding carboxylic acids is 1. The first kappa shape index (κ1) is 13.2. The van der Waals surface area contributed by atoms with Crippen molar-refractivity contribution in [1.29, 1.82) is 0 Å². The molecule has 2 rings (SSSR count). The molecule has 0 aliphatic heterocycles. The van der Waals surface area contributed by atoms with Crippen molar-refractivity contribution in [2.75, 3.05) is 6.54 Å². The summed E-state index contributed by atoms with van der Waals surface area (Å²) < 4.78 is 6.71. The number of aromatic nitrogens is 2. The van der Waals surface area contributed by atoms with Crippen molar-refractivity contribution < 1.29 is 14.3 Å². The van der Waals surface area contributed by atoms with Crippen LogP contribution in [0.4, 0.5) is 4.79 Å². The molecule has 2 aromatic heterocycles. The first-order valence-corrected chi connectivity index (χ1v) is 5.87. The summed E-state index contributed by atoms with van der Waals surface area (Å²) in [4.78, 5) is 11.5. The highest BCUT2D eigenvalue weighted by molar-refractivity contribution is 5.73. The number of hydrogen-bond donors (Lipinski definition) is 3. The number of carbonyl (C=O) groups is 1. The molecule has 1 atom stereocenters. The molecule has 3 N–H and O–H groups in total. The highest BCUT2D eigenvalue weighted by atomic mass is 16.4. The Morgan fingerprint density at radius 1 is 1.53 bits per heavy atom. The first-order valence-electron chi connectivity index (χ1n) is 5.87. The highest BCUT2D eigenvalue weighted by Crippen LogP contribution is 2.11. The zero-order chi connectivity index (χ0) is 13.7. The van der Waals surface area contributed by atoms with Crippen LogP contribution < -0.4 is 10.6 Å². The minimum atomic E-state index is -0.850. The molecule has 7 heteroatoms. The van der Waals surface area contributed by atoms with Gasteiger partial charge in [-0.05, 0) is 18.2 Å². The van der Waals surface area contributed by atoms with Gasteiger partial charge in [-0.15, -0.1) is 0 Å². The summed E-state index contributed by atoms with van der Waals surface area (Å²) >= 11 is 0. The van der Waals surface area contributed by atoms with Crippen LogP contribution in [0.15, 0.2) is 35.1 Å². The van der Waals surface area contributed by atoms with Gasteiger partial charge in [-0.3, -0.25) is 4.68 Å². The first-order chi connectivity index (χ1) is 9.16. The van der Waals surface area contributed by atoms with E-state index in [0.29, 0.717) is 12.3 Å². The average Bonchev–Trinajstić information content (AvgIpc) is 3.05. The molecule has 0 bridgehead atoms. The SMILES string of the molecule is Cn1nccc1CNC(=O)NCC(O)c1ccco1. The predicted molar refractivity (Wildman–Crippen MR) is 67.1 cm³/mol. The lowest BCUT2D eigenvalue weighted by molar-refractivity contribution is 0.148. The molecule has 1 unspecified atom stereocenters. The topological polar surface area (TPSA) is 92.3 Å². The van der Waals surface area contributed by atoms with E-state index in [-0.39, 0.29) is 12.6 Å². The smallest absolute Gasteiger partial charge is 0.315 e. The molecule has 2 amide bonds. The van der Waals surface area contributed by atoms with Crippen molar-refractivity contribution in [2.24, 2.45) is 7.05 Å². The number of urea groups is 1. The maximum absolute atomic E-state index is 11.5. The highest BCUT2D eigenvalue weighted by Gasteiger charge is 2.11. The average molecular weight is 264 g/mol. The number of hydrogen-bond acceptors (Lipinski definition) is 4. The lowest BCUT2D eigenvalue weighted by atomic mass is 10.3. The molecule has 0 spiro atoms. The van der Waals surface area contributed by atoms with E-state index in [9.17, 15) is 9.90 Å². The fourth-order valence-corrected chi connectivity index (χ4v) is 1.58. The van der Waals surface area contributed by atoms with Crippen LogP contribution in [0.3, 0.4) is 0 Å². The summed E-state index contributed by atoms with van der Waals surface area (Å²) in [5.74, 6) is 0.423. The molecule has 0 aliphatic rings. The monoisotopic (exact) mass is 264 g/mol. The number of aryl methyl sites for hydroxylation is 1. The summed E-state index contributed by atoms with van der Waals surface area (Å²) in [6.45, 7) is 0.462. The summed E-state index contributed by atoms with van der Waals surface area (Å²) in [6.07, 6.45) is 2.29. The van der Waals surface area contributed by atoms with E-state index < -0.39 is 6.10 Å². The molecule has 0 saturated carbocycles. The summed E-state index contributed by atoms with van der Waals surface area (Å²) in [5.41, 5.74) is 0.890. The fraction of sp³-hybridized carbons (Fsp3) is 0.333. The van der Waals surface area contributed by atoms with Gasteiger partial charge in [-0.2, -0.15) is 5.10 Å². The van der Waals surface area contributed by atoms with Crippen molar-refractivity contribution in [3.63, 3.8) is 0 Å². The largest absolute Gasteiger partial charge is 0.467 e. The van der Waals surface area contributed by atoms with E-state index in [1.165, 1.54) is 6.26 Å². The van der Waals surface area contributed by atoms with Gasteiger partial charge >= 0.3 is 6.03 Å². The van der Waals surface area contributed by atoms with Crippen molar-refractivity contribution >= 4 is 6.03 Å². The molecule has 102 valence electrons. The van der Waals surface area contributed by atoms with Gasteiger partial charge in [0.05, 0.1) is 25.0 Å². The van der Waals surface area contributed by atoms with Gasteiger partial charge in [0.1, 0.15) is 11.9 Å². The Kier molecular flexibility index (Phi) is 4.19. The van der Waals surface area contributed by atoms with Gasteiger partial charge in [0.25, 0.3) is 0 Å². The van der Waals surface area contributed by atoms with Gasteiger partial charge in [0, 0.05) is 13.2 Å². The lowest BCUT2D eigenvalue weighted by Crippen LogP contribution is -2.37. The number of aliphatic hydroxyl groups is 1. The Labute approximate surface area is 110 Å². The Morgan fingerprint density at radius 2 is 2.37 bits per heavy atom. The van der Waals surface area contributed by atoms with Gasteiger partial charge < -0.3 is 20.2 Å². The molecule has 0 saturated heterocycles. The van der Waals surface area contributed by atoms with E-state index in [4.69, 9.17) is 4.42 Å². The standard InChI is InChI=1S/C12H16N4O3/c1-16-9(4-5-15-16)7-13-12(18)14-8-10(17)11-3-2-6-19-11/h2-6,10,17H,7-8H2,1H3,(H2,13,14,18). The van der Waals surface area contributed by atoms with Gasteiger partial charge in [0.15, 0.2) is 0 Å². The molecule has 0 radical (unpaired) electrons. The third-order valence-corrected chi connectivity index (χ3v) is 2.68. The third kappa shape index (κ3) is 3.59. The molecule has 7 nitrogen and oxygen atoms in total. The number of nitrogens with one attached hydrogen (secondary N) is 2. The van der Waals surface area contributed by atoms with Gasteiger partial charge in [0.2, 0.25) is 0 Å². The third-order valence-electron chi connectivity index (χ3n) is 2.68. The van der Waals surface area contributed by atoms with Gasteiger partial charge in [-0.1, -0.05) is 0 Å². The maximum atomic E-state index is 11.5. The predicted octanol–water partition coefficient (Wildman–Crippen LogP) is 0.546. The maximum Gasteiger partial charge on any atom is 0.315 e. The minimum Gasteiger partial charge on any atom is -0.467 e. The summed E-state index contributed by atoms with van der Waals surface area (Å²) in [6, 6.07) is 4.80. The fourth-order valence-electron chi connectivity index (χ4n) is 1.58. The van der Waals surface area contributed by atoms with E-state index in [1.54, 1.807) is 30.1 Å². The van der Waals surface area contributed by atoms with Crippen LogP contribution in [0, 0.1) is 0 Å². The molecular weight excluding hydrogens is 248 g/mol. The Morgan fingerprint density at radius 3 is 3.00 bits per heavy atom. The van der Waals surface area contributed by atoms with Crippen LogP contribution in [0.25, 0.3) is 0 Å². The lowest BCUT2D eigenvalue weighted by Gasteiger charge is -2.10. The minimum absolute atomic E-state index is 0.0880. The zero-order valence-corrected chi connectivity index (χ0v) is 10.5. The number of nitrogens with zero attached hydrogens (tertiary/aromatic N) is 2. The van der Waals surface area contributed by atoms with Gasteiger partial charge in [-0.25, -0.2) is 4.79 Å². The van der Waals surface area contributed by atoms with Crippen LogP contribution in [0.5, 0.6) is 0 Å². The number of amides is 2. The Balaban J connectivity index is 1.72. The van der Waals surface area contributed by atoms with E-state index >= 15 is 0 Å². The normalized spacial score (nSPS) is 12.1. The molecule has 0 fully saturated rings. The Bertz CT molecular complexity index is 521. The van der Waals surface area contributed by atoms with Crippen molar-refractivity contribution in [3.05, 3.63) is 42.1 Å². The zero-order valence-electron chi connectivity index (χ0n) is 10.5. The number of rotatable bonds is 5. The van der Waals surface area contributed by atoms with Crippen LogP contribution in [-0.2, 0) is 13.6 Å². The summed E-state index contributed by atoms with van der Waals surface area (Å²) in [5, 5.41) is 18.9. The van der Waals surface area contributed by atoms with E-state index in [2.05, 4.69) is 15.7 Å². The van der Waals surface area contributed by atoms with Crippen LogP contribution >= 0.6 is 0 Å². The molecule has 2 heterocycles. The van der Waals surface area contributed by atoms with Crippen LogP contribution in [0.1, 0.15) is 17.6 Å².